The second-order valence-electron chi connectivity index (χ2n) is 14.7. The van der Waals surface area contributed by atoms with Gasteiger partial charge in [-0.2, -0.15) is 0 Å². The number of carbonyl (C=O) groups is 3. The molecule has 46 heavy (non-hydrogen) atoms. The number of benzene rings is 2. The number of hydrogen-bond acceptors (Lipinski definition) is 10. The molecular formula is C25H37B9N4O8. The maximum Gasteiger partial charge on any atom is 0.254 e. The summed E-state index contributed by atoms with van der Waals surface area (Å²) in [6.07, 6.45) is 0. The number of imide groups is 1. The molecular weight excluding hydrogens is 582 g/mol. The second kappa shape index (κ2) is 10.6. The van der Waals surface area contributed by atoms with E-state index < -0.39 is 56.2 Å². The number of fused-ring (bicyclic) bond motifs is 1. The largest absolute Gasteiger partial charge is 0.394 e. The molecule has 5 rings (SSSR count). The first-order valence-corrected chi connectivity index (χ1v) is 15.4. The van der Waals surface area contributed by atoms with Gasteiger partial charge in [0.25, 0.3) is 11.8 Å². The van der Waals surface area contributed by atoms with E-state index in [2.05, 4.69) is 10.6 Å². The SMILES string of the molecule is BC1(B)OC(B)(O)C(B)(B)N(Cc2ccc(CNc3cccc4c3CN(C3(B)C(=O)NC(=O)C(B)(O)C3(B)O)C4=O)cc2)C1(B)O. The predicted octanol–water partition coefficient (Wildman–Crippen LogP) is -10.9. The number of amides is 3. The van der Waals surface area contributed by atoms with Crippen molar-refractivity contribution >= 4 is 94.0 Å². The van der Waals surface area contributed by atoms with Crippen LogP contribution < -0.4 is 10.6 Å². The van der Waals surface area contributed by atoms with E-state index in [1.54, 1.807) is 43.5 Å². The zero-order valence-electron chi connectivity index (χ0n) is 28.0. The number of anilines is 1. The molecule has 2 aromatic rings. The van der Waals surface area contributed by atoms with Crippen LogP contribution in [0.3, 0.4) is 0 Å². The molecule has 232 valence electrons. The second-order valence-corrected chi connectivity index (χ2v) is 14.7. The zero-order chi connectivity index (χ0) is 34.5. The normalized spacial score (nSPS) is 35.4. The van der Waals surface area contributed by atoms with Crippen LogP contribution in [-0.2, 0) is 34.0 Å². The fourth-order valence-electron chi connectivity index (χ4n) is 6.84. The quantitative estimate of drug-likeness (QED) is 0.135. The van der Waals surface area contributed by atoms with E-state index >= 15 is 0 Å². The maximum atomic E-state index is 13.6. The van der Waals surface area contributed by atoms with E-state index in [1.807, 2.05) is 50.9 Å². The standard InChI is InChI=1S/C25H37B9N4O8/c26-19(17(40)36-18(41)20(27,42)21(19,28)43)37-10-14-13(16(37)39)2-1-3-15(14)35-8-11-4-6-12(7-5-11)9-38-22(29,30)25(34,45)46-23(31,32)24(38,33)44/h1-7,35,42-45H,8-10,26-34H2,(H,36,40,41). The Kier molecular flexibility index (Phi) is 7.96. The highest BCUT2D eigenvalue weighted by Crippen LogP contribution is 2.43. The average Bonchev–Trinajstić information content (AvgIpc) is 3.29. The van der Waals surface area contributed by atoms with Crippen LogP contribution in [0.15, 0.2) is 42.5 Å². The molecule has 0 radical (unpaired) electrons. The van der Waals surface area contributed by atoms with Crippen LogP contribution in [0.2, 0.25) is 0 Å². The summed E-state index contributed by atoms with van der Waals surface area (Å²) in [5.41, 5.74) is -5.97. The van der Waals surface area contributed by atoms with Crippen LogP contribution in [0.4, 0.5) is 5.69 Å². The van der Waals surface area contributed by atoms with E-state index in [9.17, 15) is 34.8 Å². The molecule has 21 heteroatoms. The van der Waals surface area contributed by atoms with Gasteiger partial charge in [-0.25, -0.2) is 0 Å². The van der Waals surface area contributed by atoms with Crippen LogP contribution in [0.25, 0.3) is 0 Å². The highest BCUT2D eigenvalue weighted by atomic mass is 16.6. The molecule has 2 saturated heterocycles. The fourth-order valence-corrected chi connectivity index (χ4v) is 6.84. The molecule has 0 saturated carbocycles. The lowest BCUT2D eigenvalue weighted by Crippen LogP contribution is -2.86. The van der Waals surface area contributed by atoms with Crippen LogP contribution in [0.1, 0.15) is 27.0 Å². The van der Waals surface area contributed by atoms with Crippen molar-refractivity contribution in [2.24, 2.45) is 0 Å². The summed E-state index contributed by atoms with van der Waals surface area (Å²) >= 11 is 0. The van der Waals surface area contributed by atoms with E-state index in [0.29, 0.717) is 29.9 Å². The number of nitrogens with zero attached hydrogens (tertiary/aromatic N) is 2. The molecule has 5 atom stereocenters. The monoisotopic (exact) mass is 620 g/mol. The van der Waals surface area contributed by atoms with Crippen molar-refractivity contribution in [3.8, 4) is 0 Å². The topological polar surface area (TPSA) is 172 Å². The Morgan fingerprint density at radius 1 is 0.826 bits per heavy atom. The highest BCUT2D eigenvalue weighted by molar-refractivity contribution is 6.49. The van der Waals surface area contributed by atoms with E-state index in [-0.39, 0.29) is 6.54 Å². The third-order valence-corrected chi connectivity index (χ3v) is 11.3. The Morgan fingerprint density at radius 2 is 1.41 bits per heavy atom. The number of carbonyl (C=O) groups excluding carboxylic acids is 3. The summed E-state index contributed by atoms with van der Waals surface area (Å²) in [7, 11) is 14.1. The minimum Gasteiger partial charge on any atom is -0.394 e. The van der Waals surface area contributed by atoms with Gasteiger partial charge in [0.2, 0.25) is 5.91 Å². The molecule has 2 fully saturated rings. The number of morpholine rings is 1. The lowest BCUT2D eigenvalue weighted by atomic mass is 9.42. The Bertz CT molecular complexity index is 1600. The van der Waals surface area contributed by atoms with Crippen molar-refractivity contribution in [1.82, 2.24) is 15.1 Å². The van der Waals surface area contributed by atoms with Crippen molar-refractivity contribution in [3.63, 3.8) is 0 Å². The Balaban J connectivity index is 1.34. The molecule has 2 aromatic carbocycles. The first kappa shape index (κ1) is 34.5. The van der Waals surface area contributed by atoms with Crippen LogP contribution in [-0.4, -0.2) is 157 Å². The van der Waals surface area contributed by atoms with Gasteiger partial charge in [-0.3, -0.25) is 24.6 Å². The molecule has 0 spiro atoms. The summed E-state index contributed by atoms with van der Waals surface area (Å²) in [5.74, 6) is -2.42. The summed E-state index contributed by atoms with van der Waals surface area (Å²) < 4.78 is 5.94. The maximum absolute atomic E-state index is 13.6. The molecule has 3 amide bonds. The Labute approximate surface area is 276 Å². The van der Waals surface area contributed by atoms with Gasteiger partial charge in [0, 0.05) is 47.2 Å². The Hall–Kier alpha value is -2.81. The third kappa shape index (κ3) is 4.76. The minimum atomic E-state index is -2.33. The number of rotatable bonds is 6. The molecule has 3 aliphatic heterocycles. The molecule has 0 aliphatic carbocycles. The zero-order valence-corrected chi connectivity index (χ0v) is 28.0. The third-order valence-electron chi connectivity index (χ3n) is 11.3. The van der Waals surface area contributed by atoms with Crippen molar-refractivity contribution in [3.05, 3.63) is 64.7 Å². The van der Waals surface area contributed by atoms with Gasteiger partial charge >= 0.3 is 0 Å². The lowest BCUT2D eigenvalue weighted by Gasteiger charge is -2.65. The summed E-state index contributed by atoms with van der Waals surface area (Å²) in [4.78, 5) is 42.2. The van der Waals surface area contributed by atoms with Gasteiger partial charge in [-0.15, -0.1) is 0 Å². The van der Waals surface area contributed by atoms with Gasteiger partial charge in [0.15, 0.2) is 23.5 Å². The molecule has 3 aliphatic rings. The molecule has 0 bridgehead atoms. The Morgan fingerprint density at radius 3 is 2.02 bits per heavy atom. The van der Waals surface area contributed by atoms with Gasteiger partial charge < -0.3 is 35.4 Å². The van der Waals surface area contributed by atoms with Crippen molar-refractivity contribution in [2.75, 3.05) is 5.32 Å². The summed E-state index contributed by atoms with van der Waals surface area (Å²) in [5, 5.41) is 48.5. The number of aliphatic hydroxyl groups is 4. The van der Waals surface area contributed by atoms with Gasteiger partial charge in [0.1, 0.15) is 63.7 Å². The predicted molar refractivity (Wildman–Crippen MR) is 195 cm³/mol. The first-order valence-electron chi connectivity index (χ1n) is 15.4. The van der Waals surface area contributed by atoms with Gasteiger partial charge in [-0.1, -0.05) is 30.3 Å². The summed E-state index contributed by atoms with van der Waals surface area (Å²) in [6.45, 7) is 0.734. The van der Waals surface area contributed by atoms with E-state index in [4.69, 9.17) is 4.74 Å². The van der Waals surface area contributed by atoms with Gasteiger partial charge in [0.05, 0.1) is 11.1 Å². The van der Waals surface area contributed by atoms with Crippen LogP contribution >= 0.6 is 0 Å². The minimum absolute atomic E-state index is 0.0317. The smallest absolute Gasteiger partial charge is 0.254 e. The molecule has 12 nitrogen and oxygen atoms in total. The van der Waals surface area contributed by atoms with E-state index in [1.165, 1.54) is 20.6 Å². The highest BCUT2D eigenvalue weighted by Gasteiger charge is 2.68. The molecule has 3 heterocycles. The average molecular weight is 619 g/mol. The number of nitrogens with one attached hydrogen (secondary N) is 2. The number of hydrogen-bond donors (Lipinski definition) is 6. The number of ether oxygens (including phenoxy) is 1. The molecule has 6 N–H and O–H groups in total. The van der Waals surface area contributed by atoms with Crippen LogP contribution in [0.5, 0.6) is 0 Å². The summed E-state index contributed by atoms with van der Waals surface area (Å²) in [6, 6.07) is 13.0. The van der Waals surface area contributed by atoms with E-state index in [0.717, 1.165) is 19.0 Å². The van der Waals surface area contributed by atoms with Crippen molar-refractivity contribution in [2.45, 2.75) is 58.1 Å². The first-order chi connectivity index (χ1) is 20.9. The lowest BCUT2D eigenvalue weighted by molar-refractivity contribution is -0.303. The number of piperidine rings is 1. The molecule has 0 aromatic heterocycles. The van der Waals surface area contributed by atoms with Crippen LogP contribution in [0, 0.1) is 0 Å². The van der Waals surface area contributed by atoms with Crippen molar-refractivity contribution in [1.29, 1.82) is 0 Å². The fraction of sp³-hybridized carbons (Fsp3) is 0.400. The van der Waals surface area contributed by atoms with Crippen molar-refractivity contribution < 1.29 is 39.5 Å². The van der Waals surface area contributed by atoms with Gasteiger partial charge in [-0.05, 0) is 23.3 Å². The molecule has 5 unspecified atom stereocenters.